The van der Waals surface area contributed by atoms with Gasteiger partial charge in [-0.2, -0.15) is 0 Å². The number of H-pyrrole nitrogens is 1. The van der Waals surface area contributed by atoms with E-state index in [1.54, 1.807) is 13.3 Å². The van der Waals surface area contributed by atoms with Crippen LogP contribution < -0.4 is 9.47 Å². The van der Waals surface area contributed by atoms with Gasteiger partial charge in [0.15, 0.2) is 0 Å². The lowest BCUT2D eigenvalue weighted by Crippen LogP contribution is -2.41. The van der Waals surface area contributed by atoms with Crippen LogP contribution in [0.4, 0.5) is 0 Å². The molecule has 1 amide bonds. The second-order valence-corrected chi connectivity index (χ2v) is 9.28. The highest BCUT2D eigenvalue weighted by molar-refractivity contribution is 5.78. The van der Waals surface area contributed by atoms with Crippen molar-refractivity contribution in [2.24, 2.45) is 0 Å². The molecule has 1 N–H and O–H groups in total. The van der Waals surface area contributed by atoms with E-state index in [4.69, 9.17) is 14.2 Å². The number of benzene rings is 2. The van der Waals surface area contributed by atoms with Crippen LogP contribution in [0, 0.1) is 0 Å². The van der Waals surface area contributed by atoms with E-state index in [0.29, 0.717) is 32.8 Å². The van der Waals surface area contributed by atoms with Gasteiger partial charge in [0.1, 0.15) is 23.9 Å². The van der Waals surface area contributed by atoms with Crippen molar-refractivity contribution in [3.8, 4) is 11.5 Å². The normalized spacial score (nSPS) is 18.5. The fraction of sp³-hybridized carbons (Fsp3) is 0.429. The van der Waals surface area contributed by atoms with Crippen molar-refractivity contribution in [3.05, 3.63) is 77.4 Å². The number of ether oxygens (including phenoxy) is 3. The molecule has 3 aliphatic heterocycles. The van der Waals surface area contributed by atoms with Crippen molar-refractivity contribution in [2.45, 2.75) is 31.8 Å². The summed E-state index contributed by atoms with van der Waals surface area (Å²) in [4.78, 5) is 25.0. The Morgan fingerprint density at radius 1 is 1.11 bits per heavy atom. The van der Waals surface area contributed by atoms with E-state index >= 15 is 0 Å². The number of hydrogen-bond acceptors (Lipinski definition) is 6. The molecule has 0 saturated heterocycles. The highest BCUT2D eigenvalue weighted by Crippen LogP contribution is 2.38. The summed E-state index contributed by atoms with van der Waals surface area (Å²) in [5.74, 6) is 2.75. The molecule has 1 aromatic heterocycles. The summed E-state index contributed by atoms with van der Waals surface area (Å²) >= 11 is 0. The molecule has 8 heteroatoms. The smallest absolute Gasteiger partial charge is 0.225 e. The van der Waals surface area contributed by atoms with E-state index in [0.717, 1.165) is 60.9 Å². The Morgan fingerprint density at radius 2 is 2.00 bits per heavy atom. The zero-order valence-electron chi connectivity index (χ0n) is 20.8. The summed E-state index contributed by atoms with van der Waals surface area (Å²) in [5, 5.41) is 0. The Hall–Kier alpha value is -3.36. The molecular weight excluding hydrogens is 456 g/mol. The number of fused-ring (bicyclic) bond motifs is 8. The van der Waals surface area contributed by atoms with Gasteiger partial charge in [0.25, 0.3) is 0 Å². The maximum atomic E-state index is 13.1. The van der Waals surface area contributed by atoms with Crippen LogP contribution in [0.15, 0.2) is 54.9 Å². The largest absolute Gasteiger partial charge is 0.494 e. The van der Waals surface area contributed by atoms with Crippen molar-refractivity contribution >= 4 is 5.91 Å². The maximum absolute atomic E-state index is 13.1. The average molecular weight is 491 g/mol. The lowest BCUT2D eigenvalue weighted by atomic mass is 9.87. The van der Waals surface area contributed by atoms with Gasteiger partial charge in [-0.1, -0.05) is 18.2 Å². The number of carbonyl (C=O) groups is 1. The quantitative estimate of drug-likeness (QED) is 0.589. The van der Waals surface area contributed by atoms with Gasteiger partial charge in [0.05, 0.1) is 32.2 Å². The molecule has 0 fully saturated rings. The van der Waals surface area contributed by atoms with Crippen LogP contribution in [0.3, 0.4) is 0 Å². The summed E-state index contributed by atoms with van der Waals surface area (Å²) in [6.45, 7) is 4.68. The molecule has 0 saturated carbocycles. The predicted octanol–water partition coefficient (Wildman–Crippen LogP) is 3.58. The number of hydrogen-bond donors (Lipinski definition) is 1. The number of nitrogens with zero attached hydrogens (tertiary/aromatic N) is 3. The van der Waals surface area contributed by atoms with E-state index in [9.17, 15) is 4.79 Å². The molecule has 190 valence electrons. The Balaban J connectivity index is 1.44. The SMILES string of the molecule is COCCC(=O)N1CCc2cc3ccc2C1c1cccc(c1)OCCCN(Cc1ncc[nH]1)CCO3. The second kappa shape index (κ2) is 11.6. The fourth-order valence-electron chi connectivity index (χ4n) is 5.07. The summed E-state index contributed by atoms with van der Waals surface area (Å²) in [6.07, 6.45) is 5.68. The number of methoxy groups -OCH3 is 1. The Bertz CT molecular complexity index is 1150. The number of amides is 1. The van der Waals surface area contributed by atoms with Crippen LogP contribution >= 0.6 is 0 Å². The van der Waals surface area contributed by atoms with Crippen molar-refractivity contribution in [3.63, 3.8) is 0 Å². The van der Waals surface area contributed by atoms with Crippen molar-refractivity contribution in [2.75, 3.05) is 46.6 Å². The minimum atomic E-state index is -0.160. The van der Waals surface area contributed by atoms with Crippen LogP contribution in [0.25, 0.3) is 0 Å². The van der Waals surface area contributed by atoms with E-state index in [-0.39, 0.29) is 11.9 Å². The first kappa shape index (κ1) is 24.3. The lowest BCUT2D eigenvalue weighted by molar-refractivity contribution is -0.134. The first-order chi connectivity index (χ1) is 17.7. The second-order valence-electron chi connectivity index (χ2n) is 9.28. The van der Waals surface area contributed by atoms with Gasteiger partial charge in [0, 0.05) is 39.1 Å². The van der Waals surface area contributed by atoms with Crippen LogP contribution in [0.1, 0.15) is 41.4 Å². The molecule has 6 bridgehead atoms. The van der Waals surface area contributed by atoms with Crippen LogP contribution in [0.2, 0.25) is 0 Å². The van der Waals surface area contributed by atoms with Gasteiger partial charge in [-0.25, -0.2) is 4.98 Å². The number of carbonyl (C=O) groups excluding carboxylic acids is 1. The van der Waals surface area contributed by atoms with Gasteiger partial charge in [-0.15, -0.1) is 0 Å². The average Bonchev–Trinajstić information content (AvgIpc) is 3.41. The molecule has 36 heavy (non-hydrogen) atoms. The summed E-state index contributed by atoms with van der Waals surface area (Å²) in [6, 6.07) is 14.3. The number of nitrogens with one attached hydrogen (secondary N) is 1. The number of aromatic amines is 1. The van der Waals surface area contributed by atoms with Gasteiger partial charge in [-0.3, -0.25) is 9.69 Å². The molecular formula is C28H34N4O4. The van der Waals surface area contributed by atoms with E-state index < -0.39 is 0 Å². The first-order valence-corrected chi connectivity index (χ1v) is 12.7. The first-order valence-electron chi connectivity index (χ1n) is 12.7. The Kier molecular flexibility index (Phi) is 7.83. The highest BCUT2D eigenvalue weighted by atomic mass is 16.5. The van der Waals surface area contributed by atoms with Gasteiger partial charge >= 0.3 is 0 Å². The summed E-state index contributed by atoms with van der Waals surface area (Å²) in [5.41, 5.74) is 3.42. The van der Waals surface area contributed by atoms with Crippen molar-refractivity contribution < 1.29 is 19.0 Å². The van der Waals surface area contributed by atoms with Crippen LogP contribution in [0.5, 0.6) is 11.5 Å². The third-order valence-corrected chi connectivity index (χ3v) is 6.85. The number of imidazole rings is 1. The molecule has 1 unspecified atom stereocenters. The zero-order valence-corrected chi connectivity index (χ0v) is 20.8. The molecule has 1 atom stereocenters. The Morgan fingerprint density at radius 3 is 2.86 bits per heavy atom. The fourth-order valence-corrected chi connectivity index (χ4v) is 5.07. The molecule has 2 aromatic carbocycles. The molecule has 4 heterocycles. The minimum Gasteiger partial charge on any atom is -0.494 e. The molecule has 0 spiro atoms. The van der Waals surface area contributed by atoms with Crippen LogP contribution in [-0.2, 0) is 22.5 Å². The maximum Gasteiger partial charge on any atom is 0.225 e. The van der Waals surface area contributed by atoms with Gasteiger partial charge < -0.3 is 24.1 Å². The molecule has 3 aliphatic rings. The zero-order chi connectivity index (χ0) is 24.7. The molecule has 3 aromatic rings. The Labute approximate surface area is 212 Å². The standard InChI is InChI=1S/C28H34N4O4/c1-34-16-9-27(33)32-13-8-21-18-24-6-7-25(21)28(32)22-4-2-5-23(19-22)35-15-3-12-31(14-17-36-24)20-26-29-10-11-30-26/h2,4-7,10-11,18-19,28H,3,8-9,12-17,20H2,1H3,(H,29,30). The highest BCUT2D eigenvalue weighted by Gasteiger charge is 2.32. The molecule has 6 rings (SSSR count). The topological polar surface area (TPSA) is 79.9 Å². The molecule has 0 radical (unpaired) electrons. The summed E-state index contributed by atoms with van der Waals surface area (Å²) in [7, 11) is 1.63. The molecule has 0 aliphatic carbocycles. The van der Waals surface area contributed by atoms with E-state index in [2.05, 4.69) is 39.1 Å². The molecule has 8 nitrogen and oxygen atoms in total. The lowest BCUT2D eigenvalue weighted by Gasteiger charge is -2.38. The summed E-state index contributed by atoms with van der Waals surface area (Å²) < 4.78 is 17.5. The monoisotopic (exact) mass is 490 g/mol. The van der Waals surface area contributed by atoms with E-state index in [1.165, 1.54) is 5.56 Å². The van der Waals surface area contributed by atoms with Gasteiger partial charge in [0.2, 0.25) is 5.91 Å². The number of aromatic nitrogens is 2. The van der Waals surface area contributed by atoms with Crippen molar-refractivity contribution in [1.29, 1.82) is 0 Å². The van der Waals surface area contributed by atoms with Crippen molar-refractivity contribution in [1.82, 2.24) is 19.8 Å². The third kappa shape index (κ3) is 5.71. The predicted molar refractivity (Wildman–Crippen MR) is 136 cm³/mol. The van der Waals surface area contributed by atoms with Crippen LogP contribution in [-0.4, -0.2) is 72.2 Å². The third-order valence-electron chi connectivity index (χ3n) is 6.85. The van der Waals surface area contributed by atoms with E-state index in [1.807, 2.05) is 29.3 Å². The minimum absolute atomic E-state index is 0.102. The number of rotatable bonds is 5. The van der Waals surface area contributed by atoms with Gasteiger partial charge in [-0.05, 0) is 53.8 Å².